The smallest absolute Gasteiger partial charge is 0.247 e. The van der Waals surface area contributed by atoms with Gasteiger partial charge < -0.3 is 4.42 Å². The summed E-state index contributed by atoms with van der Waals surface area (Å²) in [5.74, 6) is 0.960. The van der Waals surface area contributed by atoms with Gasteiger partial charge in [0, 0.05) is 18.1 Å². The Morgan fingerprint density at radius 3 is 3.16 bits per heavy atom. The summed E-state index contributed by atoms with van der Waals surface area (Å²) in [5, 5.41) is 2.64. The third-order valence-corrected chi connectivity index (χ3v) is 4.57. The van der Waals surface area contributed by atoms with E-state index >= 15 is 0 Å². The van der Waals surface area contributed by atoms with Crippen LogP contribution in [0.1, 0.15) is 24.8 Å². The molecule has 0 aromatic carbocycles. The maximum absolute atomic E-state index is 12.6. The molecule has 2 saturated heterocycles. The van der Waals surface area contributed by atoms with Crippen molar-refractivity contribution in [2.45, 2.75) is 25.0 Å². The van der Waals surface area contributed by atoms with Gasteiger partial charge in [0.2, 0.25) is 5.91 Å². The molecule has 4 heterocycles. The second kappa shape index (κ2) is 4.18. The summed E-state index contributed by atoms with van der Waals surface area (Å²) in [5.41, 5.74) is 0. The summed E-state index contributed by atoms with van der Waals surface area (Å²) in [4.78, 5) is 20.9. The Hall–Kier alpha value is -1.66. The lowest BCUT2D eigenvalue weighted by molar-refractivity contribution is -0.119. The fourth-order valence-electron chi connectivity index (χ4n) is 3.04. The fraction of sp³-hybridized carbons (Fsp3) is 0.385. The number of carbonyl (C=O) groups excluding carboxylic acids is 1. The average molecular weight is 275 g/mol. The molecule has 0 aliphatic carbocycles. The highest BCUT2D eigenvalue weighted by Crippen LogP contribution is 2.42. The highest BCUT2D eigenvalue weighted by Gasteiger charge is 2.51. The van der Waals surface area contributed by atoms with Crippen LogP contribution in [0.3, 0.4) is 0 Å². The maximum Gasteiger partial charge on any atom is 0.247 e. The SMILES string of the molecule is O=C1[C@H]2CCCN2[C@H](c2ccco2)N1c1nccs1. The van der Waals surface area contributed by atoms with Crippen LogP contribution in [0.15, 0.2) is 34.4 Å². The van der Waals surface area contributed by atoms with Crippen molar-refractivity contribution in [3.05, 3.63) is 35.7 Å². The zero-order valence-electron chi connectivity index (χ0n) is 10.2. The van der Waals surface area contributed by atoms with Gasteiger partial charge in [-0.1, -0.05) is 0 Å². The Morgan fingerprint density at radius 2 is 2.42 bits per heavy atom. The summed E-state index contributed by atoms with van der Waals surface area (Å²) in [7, 11) is 0. The van der Waals surface area contributed by atoms with E-state index in [-0.39, 0.29) is 18.1 Å². The van der Waals surface area contributed by atoms with Crippen molar-refractivity contribution in [2.24, 2.45) is 0 Å². The lowest BCUT2D eigenvalue weighted by atomic mass is 10.2. The van der Waals surface area contributed by atoms with E-state index in [1.54, 1.807) is 17.4 Å². The van der Waals surface area contributed by atoms with Crippen LogP contribution in [0.2, 0.25) is 0 Å². The van der Waals surface area contributed by atoms with Gasteiger partial charge in [-0.25, -0.2) is 4.98 Å². The molecule has 0 radical (unpaired) electrons. The predicted octanol–water partition coefficient (Wildman–Crippen LogP) is 2.25. The summed E-state index contributed by atoms with van der Waals surface area (Å²) < 4.78 is 5.54. The number of amides is 1. The minimum Gasteiger partial charge on any atom is -0.466 e. The molecule has 6 heteroatoms. The molecule has 0 bridgehead atoms. The first-order valence-electron chi connectivity index (χ1n) is 6.38. The van der Waals surface area contributed by atoms with Gasteiger partial charge in [-0.05, 0) is 25.0 Å². The zero-order chi connectivity index (χ0) is 12.8. The van der Waals surface area contributed by atoms with Gasteiger partial charge in [0.15, 0.2) is 11.3 Å². The summed E-state index contributed by atoms with van der Waals surface area (Å²) in [6, 6.07) is 3.78. The van der Waals surface area contributed by atoms with Gasteiger partial charge in [-0.15, -0.1) is 11.3 Å². The maximum atomic E-state index is 12.6. The number of hydrogen-bond acceptors (Lipinski definition) is 5. The first-order chi connectivity index (χ1) is 9.36. The van der Waals surface area contributed by atoms with E-state index in [0.29, 0.717) is 0 Å². The van der Waals surface area contributed by atoms with Crippen molar-refractivity contribution in [1.29, 1.82) is 0 Å². The number of aromatic nitrogens is 1. The van der Waals surface area contributed by atoms with Crippen molar-refractivity contribution in [3.8, 4) is 0 Å². The number of rotatable bonds is 2. The van der Waals surface area contributed by atoms with Gasteiger partial charge in [0.1, 0.15) is 5.76 Å². The largest absolute Gasteiger partial charge is 0.466 e. The monoisotopic (exact) mass is 275 g/mol. The fourth-order valence-corrected chi connectivity index (χ4v) is 3.71. The Morgan fingerprint density at radius 1 is 1.47 bits per heavy atom. The standard InChI is InChI=1S/C13H13N3O2S/c17-12-9-3-1-6-15(9)11(10-4-2-7-18-10)16(12)13-14-5-8-19-13/h2,4-5,7-9,11H,1,3,6H2/t9-,11+/m1/s1. The van der Waals surface area contributed by atoms with Gasteiger partial charge in [-0.2, -0.15) is 0 Å². The first kappa shape index (κ1) is 11.2. The van der Waals surface area contributed by atoms with Crippen LogP contribution >= 0.6 is 11.3 Å². The lowest BCUT2D eigenvalue weighted by Gasteiger charge is -2.25. The molecule has 2 atom stereocenters. The third-order valence-electron chi connectivity index (χ3n) is 3.80. The lowest BCUT2D eigenvalue weighted by Crippen LogP contribution is -2.31. The van der Waals surface area contributed by atoms with E-state index in [9.17, 15) is 4.79 Å². The second-order valence-corrected chi connectivity index (χ2v) is 5.68. The highest BCUT2D eigenvalue weighted by atomic mass is 32.1. The Bertz CT molecular complexity index is 581. The van der Waals surface area contributed by atoms with Crippen molar-refractivity contribution >= 4 is 22.4 Å². The number of anilines is 1. The molecule has 0 N–H and O–H groups in total. The third kappa shape index (κ3) is 1.56. The molecule has 2 fully saturated rings. The van der Waals surface area contributed by atoms with Crippen LogP contribution in [0.5, 0.6) is 0 Å². The van der Waals surface area contributed by atoms with E-state index in [1.165, 1.54) is 11.3 Å². The van der Waals surface area contributed by atoms with Gasteiger partial charge in [0.25, 0.3) is 0 Å². The van der Waals surface area contributed by atoms with Gasteiger partial charge >= 0.3 is 0 Å². The normalized spacial score (nSPS) is 27.2. The number of nitrogens with zero attached hydrogens (tertiary/aromatic N) is 3. The summed E-state index contributed by atoms with van der Waals surface area (Å²) >= 11 is 1.49. The molecule has 2 aliphatic heterocycles. The number of furan rings is 1. The van der Waals surface area contributed by atoms with Gasteiger partial charge in [0.05, 0.1) is 12.3 Å². The summed E-state index contributed by atoms with van der Waals surface area (Å²) in [6.45, 7) is 0.934. The van der Waals surface area contributed by atoms with E-state index in [1.807, 2.05) is 17.5 Å². The first-order valence-corrected chi connectivity index (χ1v) is 7.26. The van der Waals surface area contributed by atoms with Crippen molar-refractivity contribution in [3.63, 3.8) is 0 Å². The van der Waals surface area contributed by atoms with Gasteiger partial charge in [-0.3, -0.25) is 14.6 Å². The van der Waals surface area contributed by atoms with Crippen molar-refractivity contribution in [1.82, 2.24) is 9.88 Å². The topological polar surface area (TPSA) is 49.6 Å². The molecule has 0 spiro atoms. The van der Waals surface area contributed by atoms with Crippen LogP contribution < -0.4 is 4.90 Å². The molecular formula is C13H13N3O2S. The number of carbonyl (C=O) groups is 1. The summed E-state index contributed by atoms with van der Waals surface area (Å²) in [6.07, 6.45) is 5.25. The van der Waals surface area contributed by atoms with Crippen LogP contribution in [0.25, 0.3) is 0 Å². The second-order valence-electron chi connectivity index (χ2n) is 4.81. The van der Waals surface area contributed by atoms with Crippen LogP contribution in [0, 0.1) is 0 Å². The molecule has 2 aliphatic rings. The minimum atomic E-state index is -0.138. The highest BCUT2D eigenvalue weighted by molar-refractivity contribution is 7.13. The minimum absolute atomic E-state index is 0.0148. The van der Waals surface area contributed by atoms with E-state index in [2.05, 4.69) is 9.88 Å². The molecule has 0 saturated carbocycles. The average Bonchev–Trinajstić information content (AvgIpc) is 3.15. The molecular weight excluding hydrogens is 262 g/mol. The number of hydrogen-bond donors (Lipinski definition) is 0. The Labute approximate surface area is 114 Å². The molecule has 19 heavy (non-hydrogen) atoms. The van der Waals surface area contributed by atoms with Crippen molar-refractivity contribution in [2.75, 3.05) is 11.4 Å². The molecule has 98 valence electrons. The Balaban J connectivity index is 1.81. The van der Waals surface area contributed by atoms with Crippen LogP contribution in [0.4, 0.5) is 5.13 Å². The number of fused-ring (bicyclic) bond motifs is 1. The van der Waals surface area contributed by atoms with Crippen LogP contribution in [-0.4, -0.2) is 28.4 Å². The molecule has 2 aromatic rings. The molecule has 2 aromatic heterocycles. The van der Waals surface area contributed by atoms with E-state index in [4.69, 9.17) is 4.42 Å². The molecule has 1 amide bonds. The predicted molar refractivity (Wildman–Crippen MR) is 70.8 cm³/mol. The molecule has 5 nitrogen and oxygen atoms in total. The quantitative estimate of drug-likeness (QED) is 0.843. The Kier molecular flexibility index (Phi) is 2.46. The van der Waals surface area contributed by atoms with Crippen molar-refractivity contribution < 1.29 is 9.21 Å². The zero-order valence-corrected chi connectivity index (χ0v) is 11.0. The van der Waals surface area contributed by atoms with E-state index < -0.39 is 0 Å². The van der Waals surface area contributed by atoms with E-state index in [0.717, 1.165) is 30.3 Å². The number of thiazole rings is 1. The molecule has 0 unspecified atom stereocenters. The molecule has 4 rings (SSSR count). The van der Waals surface area contributed by atoms with Crippen LogP contribution in [-0.2, 0) is 4.79 Å².